The van der Waals surface area contributed by atoms with Crippen molar-refractivity contribution >= 4 is 12.8 Å². The van der Waals surface area contributed by atoms with Crippen molar-refractivity contribution in [3.63, 3.8) is 0 Å². The summed E-state index contributed by atoms with van der Waals surface area (Å²) < 4.78 is 10.1. The number of rotatable bonds is 7. The van der Waals surface area contributed by atoms with E-state index in [1.54, 1.807) is 0 Å². The van der Waals surface area contributed by atoms with E-state index in [1.165, 1.54) is 5.69 Å². The number of hydrogen-bond acceptors (Lipinski definition) is 3. The van der Waals surface area contributed by atoms with Crippen LogP contribution in [0, 0.1) is 0 Å². The molecular weight excluding hydrogens is 199 g/mol. The molecular formula is C12H19BN2O. The molecule has 1 N–H and O–H groups in total. The van der Waals surface area contributed by atoms with Crippen molar-refractivity contribution in [2.24, 2.45) is 0 Å². The zero-order chi connectivity index (χ0) is 11.8. The summed E-state index contributed by atoms with van der Waals surface area (Å²) in [5.74, 6) is 0. The molecule has 0 saturated heterocycles. The normalized spacial score (nSPS) is 11.9. The van der Waals surface area contributed by atoms with E-state index in [2.05, 4.69) is 36.3 Å². The Balaban J connectivity index is 2.36. The molecule has 1 rings (SSSR count). The Hall–Kier alpha value is -1.16. The third-order valence-electron chi connectivity index (χ3n) is 2.79. The van der Waals surface area contributed by atoms with Crippen LogP contribution in [0.2, 0.25) is 0 Å². The molecule has 0 spiro atoms. The Morgan fingerprint density at radius 2 is 2.06 bits per heavy atom. The first-order valence-corrected chi connectivity index (χ1v) is 5.68. The van der Waals surface area contributed by atoms with Gasteiger partial charge in [0, 0.05) is 0 Å². The maximum atomic E-state index is 10.1. The summed E-state index contributed by atoms with van der Waals surface area (Å²) >= 11 is 0. The third kappa shape index (κ3) is 4.15. The van der Waals surface area contributed by atoms with Crippen LogP contribution in [-0.2, 0) is 4.70 Å². The van der Waals surface area contributed by atoms with E-state index in [-0.39, 0.29) is 0 Å². The zero-order valence-corrected chi connectivity index (χ0v) is 10.0. The van der Waals surface area contributed by atoms with Crippen molar-refractivity contribution in [3.05, 3.63) is 30.3 Å². The molecule has 0 aliphatic heterocycles. The van der Waals surface area contributed by atoms with Gasteiger partial charge in [-0.25, -0.2) is 0 Å². The van der Waals surface area contributed by atoms with Crippen LogP contribution in [0.1, 0.15) is 13.3 Å². The summed E-state index contributed by atoms with van der Waals surface area (Å²) in [6, 6.07) is 10.8. The molecule has 0 amide bonds. The molecule has 0 radical (unpaired) electrons. The van der Waals surface area contributed by atoms with Crippen LogP contribution in [0.4, 0.5) is 5.69 Å². The van der Waals surface area contributed by atoms with Gasteiger partial charge in [0.1, 0.15) is 0 Å². The van der Waals surface area contributed by atoms with E-state index < -0.39 is 0 Å². The fourth-order valence-corrected chi connectivity index (χ4v) is 1.58. The zero-order valence-electron chi connectivity index (χ0n) is 10.0. The van der Waals surface area contributed by atoms with Gasteiger partial charge in [-0.05, 0) is 0 Å². The number of para-hydroxylation sites is 1. The number of benzene rings is 1. The summed E-state index contributed by atoms with van der Waals surface area (Å²) in [5.41, 5.74) is 1.23. The number of nitrogens with zero attached hydrogens (tertiary/aromatic N) is 1. The molecule has 0 heterocycles. The number of anilines is 1. The summed E-state index contributed by atoms with van der Waals surface area (Å²) in [6.07, 6.45) is 1.47. The van der Waals surface area contributed by atoms with E-state index in [9.17, 15) is 4.70 Å². The molecule has 1 atom stereocenters. The fourth-order valence-electron chi connectivity index (χ4n) is 1.58. The van der Waals surface area contributed by atoms with Crippen LogP contribution in [-0.4, -0.2) is 33.2 Å². The second-order valence-corrected chi connectivity index (χ2v) is 3.95. The minimum absolute atomic E-state index is 0.446. The molecule has 0 saturated carbocycles. The molecule has 1 aromatic rings. The van der Waals surface area contributed by atoms with Gasteiger partial charge in [0.25, 0.3) is 0 Å². The molecule has 1 aromatic carbocycles. The predicted octanol–water partition coefficient (Wildman–Crippen LogP) is 1.50. The summed E-state index contributed by atoms with van der Waals surface area (Å²) in [7, 11) is 2.99. The van der Waals surface area contributed by atoms with Crippen molar-refractivity contribution in [1.29, 1.82) is 0 Å². The van der Waals surface area contributed by atoms with E-state index in [0.29, 0.717) is 12.5 Å². The van der Waals surface area contributed by atoms with Crippen LogP contribution in [0.5, 0.6) is 0 Å². The van der Waals surface area contributed by atoms with Gasteiger partial charge in [-0.3, -0.25) is 0 Å². The van der Waals surface area contributed by atoms with Crippen molar-refractivity contribution in [2.75, 3.05) is 24.9 Å². The Bertz CT molecular complexity index is 305. The van der Waals surface area contributed by atoms with Crippen molar-refractivity contribution in [1.82, 2.24) is 5.32 Å². The van der Waals surface area contributed by atoms with Crippen LogP contribution in [0.3, 0.4) is 0 Å². The SMILES string of the molecule is CC(CCNCB=O)N(C)c1ccccc1. The molecule has 0 aromatic heterocycles. The van der Waals surface area contributed by atoms with Crippen LogP contribution >= 0.6 is 0 Å². The summed E-state index contributed by atoms with van der Waals surface area (Å²) in [6.45, 7) is 3.06. The van der Waals surface area contributed by atoms with Crippen LogP contribution in [0.15, 0.2) is 30.3 Å². The maximum absolute atomic E-state index is 10.1. The Morgan fingerprint density at radius 1 is 1.38 bits per heavy atom. The van der Waals surface area contributed by atoms with Gasteiger partial charge in [-0.2, -0.15) is 0 Å². The van der Waals surface area contributed by atoms with E-state index in [1.807, 2.05) is 18.2 Å². The monoisotopic (exact) mass is 218 g/mol. The minimum atomic E-state index is 0.446. The van der Waals surface area contributed by atoms with Crippen molar-refractivity contribution < 1.29 is 4.70 Å². The van der Waals surface area contributed by atoms with Crippen LogP contribution in [0.25, 0.3) is 0 Å². The molecule has 16 heavy (non-hydrogen) atoms. The molecule has 1 unspecified atom stereocenters. The Labute approximate surface area is 98.1 Å². The molecule has 0 aliphatic carbocycles. The standard InChI is InChI=1S/C12H19BN2O/c1-11(8-9-14-10-13-16)15(2)12-6-4-3-5-7-12/h3-7,11,14H,8-10H2,1-2H3. The van der Waals surface area contributed by atoms with Gasteiger partial charge in [0.05, 0.1) is 0 Å². The second kappa shape index (κ2) is 7.17. The first-order valence-electron chi connectivity index (χ1n) is 5.68. The first-order chi connectivity index (χ1) is 7.75. The molecule has 86 valence electrons. The molecule has 4 heteroatoms. The average Bonchev–Trinajstić information content (AvgIpc) is 2.34. The summed E-state index contributed by atoms with van der Waals surface area (Å²) in [5, 5.41) is 3.08. The van der Waals surface area contributed by atoms with E-state index in [0.717, 1.165) is 20.1 Å². The number of hydrogen-bond donors (Lipinski definition) is 1. The van der Waals surface area contributed by atoms with Crippen LogP contribution < -0.4 is 10.2 Å². The topological polar surface area (TPSA) is 32.3 Å². The average molecular weight is 218 g/mol. The van der Waals surface area contributed by atoms with Gasteiger partial charge in [-0.1, -0.05) is 0 Å². The van der Waals surface area contributed by atoms with Gasteiger partial charge in [0.2, 0.25) is 0 Å². The van der Waals surface area contributed by atoms with Crippen molar-refractivity contribution in [2.45, 2.75) is 19.4 Å². The second-order valence-electron chi connectivity index (χ2n) is 3.95. The van der Waals surface area contributed by atoms with Crippen molar-refractivity contribution in [3.8, 4) is 0 Å². The summed E-state index contributed by atoms with van der Waals surface area (Å²) in [4.78, 5) is 2.25. The number of nitrogens with one attached hydrogen (secondary N) is 1. The van der Waals surface area contributed by atoms with E-state index in [4.69, 9.17) is 0 Å². The van der Waals surface area contributed by atoms with E-state index >= 15 is 0 Å². The third-order valence-corrected chi connectivity index (χ3v) is 2.79. The van der Waals surface area contributed by atoms with Gasteiger partial charge < -0.3 is 0 Å². The Morgan fingerprint density at radius 3 is 2.69 bits per heavy atom. The molecule has 0 bridgehead atoms. The fraction of sp³-hybridized carbons (Fsp3) is 0.500. The van der Waals surface area contributed by atoms with Gasteiger partial charge >= 0.3 is 97.5 Å². The quantitative estimate of drug-likeness (QED) is 0.556. The first kappa shape index (κ1) is 12.9. The molecule has 0 aliphatic rings. The van der Waals surface area contributed by atoms with Gasteiger partial charge in [-0.15, -0.1) is 0 Å². The van der Waals surface area contributed by atoms with Gasteiger partial charge in [0.15, 0.2) is 0 Å². The molecule has 0 fully saturated rings. The predicted molar refractivity (Wildman–Crippen MR) is 68.2 cm³/mol. The molecule has 3 nitrogen and oxygen atoms in total. The Kier molecular flexibility index (Phi) is 5.79.